The van der Waals surface area contributed by atoms with Gasteiger partial charge >= 0.3 is 6.85 Å². The van der Waals surface area contributed by atoms with E-state index in [4.69, 9.17) is 0 Å². The average molecular weight is 789 g/mol. The molecule has 2 nitrogen and oxygen atoms in total. The van der Waals surface area contributed by atoms with E-state index in [1.165, 1.54) is 121 Å². The molecule has 0 radical (unpaired) electrons. The monoisotopic (exact) mass is 788 g/mol. The second-order valence-corrected chi connectivity index (χ2v) is 25.3. The maximum atomic E-state index is 2.78. The largest absolute Gasteiger partial charge is 0.377 e. The Labute approximate surface area is 346 Å². The Balaban J connectivity index is 1.24. The Hall–Kier alpha value is -4.62. The number of hydrogen-bond donors (Lipinski definition) is 0. The number of nitrogens with zero attached hydrogens (tertiary/aromatic N) is 2. The number of aryl methyl sites for hydroxylation is 1. The highest BCUT2D eigenvalue weighted by Crippen LogP contribution is 2.55. The van der Waals surface area contributed by atoms with Gasteiger partial charge in [0.1, 0.15) is 8.07 Å². The third-order valence-electron chi connectivity index (χ3n) is 14.2. The zero-order chi connectivity index (χ0) is 38.7. The van der Waals surface area contributed by atoms with Gasteiger partial charge in [0, 0.05) is 53.3 Å². The topological polar surface area (TPSA) is 6.48 Å². The number of anilines is 5. The quantitative estimate of drug-likeness (QED) is 0.153. The molecule has 0 aromatic heterocycles. The molecule has 7 aromatic rings. The predicted molar refractivity (Wildman–Crippen MR) is 249 cm³/mol. The van der Waals surface area contributed by atoms with Gasteiger partial charge in [-0.2, -0.15) is 0 Å². The van der Waals surface area contributed by atoms with E-state index in [1.807, 2.05) is 23.5 Å². The first-order valence-corrected chi connectivity index (χ1v) is 25.2. The summed E-state index contributed by atoms with van der Waals surface area (Å²) in [6.07, 6.45) is 2.39. The van der Waals surface area contributed by atoms with Gasteiger partial charge in [0.15, 0.2) is 0 Å². The van der Waals surface area contributed by atoms with Gasteiger partial charge < -0.3 is 9.71 Å². The summed E-state index contributed by atoms with van der Waals surface area (Å²) < 4.78 is 0. The normalized spacial score (nSPS) is 18.1. The van der Waals surface area contributed by atoms with Crippen molar-refractivity contribution in [2.24, 2.45) is 0 Å². The van der Waals surface area contributed by atoms with Crippen molar-refractivity contribution in [2.75, 3.05) is 9.71 Å². The molecule has 0 spiro atoms. The maximum absolute atomic E-state index is 2.78. The van der Waals surface area contributed by atoms with Crippen LogP contribution in [-0.2, 0) is 10.8 Å². The summed E-state index contributed by atoms with van der Waals surface area (Å²) in [5.41, 5.74) is 16.9. The first-order chi connectivity index (χ1) is 27.4. The van der Waals surface area contributed by atoms with Gasteiger partial charge in [-0.1, -0.05) is 143 Å². The molecular formula is C51H45BN2S2Si. The molecular weight excluding hydrogens is 744 g/mol. The van der Waals surface area contributed by atoms with Crippen molar-refractivity contribution < 1.29 is 0 Å². The Morgan fingerprint density at radius 3 is 2.00 bits per heavy atom. The first-order valence-electron chi connectivity index (χ1n) is 20.6. The van der Waals surface area contributed by atoms with E-state index in [-0.39, 0.29) is 17.7 Å². The highest BCUT2D eigenvalue weighted by atomic mass is 32.2. The number of benzene rings is 7. The molecule has 0 unspecified atom stereocenters. The van der Waals surface area contributed by atoms with Crippen molar-refractivity contribution in [3.8, 4) is 11.1 Å². The molecule has 5 aliphatic rings. The van der Waals surface area contributed by atoms with Crippen molar-refractivity contribution in [1.82, 2.24) is 0 Å². The summed E-state index contributed by atoms with van der Waals surface area (Å²) in [4.78, 5) is 10.9. The maximum Gasteiger partial charge on any atom is 0.333 e. The molecule has 4 heterocycles. The van der Waals surface area contributed by atoms with Gasteiger partial charge in [0.25, 0.3) is 0 Å². The summed E-state index contributed by atoms with van der Waals surface area (Å²) in [5.74, 6) is 0. The standard InChI is InChI=1S/C51H45BN2S2Si/c1-30-25-35-36(51(4,5)24-23-50(35,2)3)27-39(30)53-40-29-44-43(55-41-19-11-12-20-42(41)56-44)28-37(40)52-47-34(26-31-15-8-9-16-32(31)49(47)53)33-17-14-22-46-48(33)54(52)38-18-10-13-21-45(38)57(46,6)7/h8-22,25-29H,23-24H2,1-7H3. The molecule has 7 aromatic carbocycles. The fraction of sp³-hybridized carbons (Fsp3) is 0.216. The van der Waals surface area contributed by atoms with Crippen LogP contribution in [0.25, 0.3) is 21.9 Å². The van der Waals surface area contributed by atoms with Gasteiger partial charge in [0.05, 0.1) is 5.69 Å². The van der Waals surface area contributed by atoms with Crippen molar-refractivity contribution in [3.05, 3.63) is 138 Å². The molecule has 0 amide bonds. The minimum Gasteiger partial charge on any atom is -0.377 e. The second kappa shape index (κ2) is 11.5. The molecule has 1 aliphatic carbocycles. The van der Waals surface area contributed by atoms with E-state index in [0.29, 0.717) is 0 Å². The molecule has 12 rings (SSSR count). The first kappa shape index (κ1) is 34.4. The highest BCUT2D eigenvalue weighted by Gasteiger charge is 2.51. The number of fused-ring (bicyclic) bond motifs is 11. The van der Waals surface area contributed by atoms with Gasteiger partial charge in [-0.05, 0) is 122 Å². The summed E-state index contributed by atoms with van der Waals surface area (Å²) in [7, 11) is -2.03. The van der Waals surface area contributed by atoms with Crippen LogP contribution in [0.3, 0.4) is 0 Å². The van der Waals surface area contributed by atoms with E-state index in [9.17, 15) is 0 Å². The highest BCUT2D eigenvalue weighted by molar-refractivity contribution is 8.05. The molecule has 57 heavy (non-hydrogen) atoms. The molecule has 0 N–H and O–H groups in total. The van der Waals surface area contributed by atoms with E-state index in [1.54, 1.807) is 0 Å². The van der Waals surface area contributed by atoms with Crippen LogP contribution >= 0.6 is 23.5 Å². The van der Waals surface area contributed by atoms with Crippen LogP contribution < -0.4 is 31.0 Å². The van der Waals surface area contributed by atoms with E-state index < -0.39 is 8.07 Å². The summed E-state index contributed by atoms with van der Waals surface area (Å²) in [6, 6.07) is 47.5. The van der Waals surface area contributed by atoms with Gasteiger partial charge in [-0.3, -0.25) is 0 Å². The molecule has 0 bridgehead atoms. The van der Waals surface area contributed by atoms with E-state index >= 15 is 0 Å². The Kier molecular flexibility index (Phi) is 6.96. The van der Waals surface area contributed by atoms with Crippen LogP contribution in [0.4, 0.5) is 28.4 Å². The van der Waals surface area contributed by atoms with Crippen molar-refractivity contribution >= 4 is 99.0 Å². The average Bonchev–Trinajstić information content (AvgIpc) is 3.20. The minimum absolute atomic E-state index is 0.00661. The predicted octanol–water partition coefficient (Wildman–Crippen LogP) is 12.0. The molecule has 6 heteroatoms. The van der Waals surface area contributed by atoms with Crippen molar-refractivity contribution in [1.29, 1.82) is 0 Å². The Morgan fingerprint density at radius 2 is 1.23 bits per heavy atom. The van der Waals surface area contributed by atoms with Gasteiger partial charge in [0.2, 0.25) is 0 Å². The lowest BCUT2D eigenvalue weighted by Crippen LogP contribution is -2.68. The van der Waals surface area contributed by atoms with Gasteiger partial charge in [-0.15, -0.1) is 0 Å². The summed E-state index contributed by atoms with van der Waals surface area (Å²) in [5, 5.41) is 5.67. The number of para-hydroxylation sites is 2. The molecule has 0 saturated carbocycles. The number of rotatable bonds is 1. The zero-order valence-electron chi connectivity index (χ0n) is 33.7. The lowest BCUT2D eigenvalue weighted by molar-refractivity contribution is 0.332. The van der Waals surface area contributed by atoms with E-state index in [0.717, 1.165) is 0 Å². The SMILES string of the molecule is Cc1cc2c(cc1N1c3cc4c(cc3B3c5c(cc6ccccc6c51)-c1cccc5c1N3c1ccccc1[Si]5(C)C)Sc1ccccc1S4)C(C)(C)CCC2(C)C. The van der Waals surface area contributed by atoms with Crippen LogP contribution in [0.2, 0.25) is 13.1 Å². The van der Waals surface area contributed by atoms with E-state index in [2.05, 4.69) is 179 Å². The number of hydrogen-bond acceptors (Lipinski definition) is 4. The molecule has 0 saturated heterocycles. The smallest absolute Gasteiger partial charge is 0.333 e. The van der Waals surface area contributed by atoms with Crippen LogP contribution in [0.5, 0.6) is 0 Å². The lowest BCUT2D eigenvalue weighted by atomic mass is 9.43. The Bertz CT molecular complexity index is 2950. The minimum atomic E-state index is -2.03. The van der Waals surface area contributed by atoms with Crippen LogP contribution in [0, 0.1) is 6.92 Å². The summed E-state index contributed by atoms with van der Waals surface area (Å²) in [6.45, 7) is 17.3. The zero-order valence-corrected chi connectivity index (χ0v) is 36.4. The molecule has 4 aliphatic heterocycles. The van der Waals surface area contributed by atoms with Gasteiger partial charge in [-0.25, -0.2) is 0 Å². The molecule has 0 fully saturated rings. The second-order valence-electron chi connectivity index (χ2n) is 18.8. The van der Waals surface area contributed by atoms with Crippen LogP contribution in [0.15, 0.2) is 141 Å². The fourth-order valence-electron chi connectivity index (χ4n) is 11.1. The fourth-order valence-corrected chi connectivity index (χ4v) is 16.4. The van der Waals surface area contributed by atoms with Crippen LogP contribution in [0.1, 0.15) is 57.2 Å². The lowest BCUT2D eigenvalue weighted by Gasteiger charge is -2.51. The Morgan fingerprint density at radius 1 is 0.579 bits per heavy atom. The van der Waals surface area contributed by atoms with Crippen molar-refractivity contribution in [3.63, 3.8) is 0 Å². The summed E-state index contributed by atoms with van der Waals surface area (Å²) >= 11 is 3.87. The molecule has 0 atom stereocenters. The molecule has 278 valence electrons. The van der Waals surface area contributed by atoms with Crippen LogP contribution in [-0.4, -0.2) is 14.9 Å². The van der Waals surface area contributed by atoms with Crippen molar-refractivity contribution in [2.45, 2.75) is 91.0 Å². The third-order valence-corrected chi connectivity index (χ3v) is 20.3. The third kappa shape index (κ3) is 4.58.